The van der Waals surface area contributed by atoms with Crippen molar-refractivity contribution in [1.29, 1.82) is 0 Å². The van der Waals surface area contributed by atoms with Crippen LogP contribution in [0.25, 0.3) is 22.2 Å². The van der Waals surface area contributed by atoms with E-state index in [-0.39, 0.29) is 18.3 Å². The molecule has 4 rings (SSSR count). The third kappa shape index (κ3) is 4.16. The Labute approximate surface area is 180 Å². The lowest BCUT2D eigenvalue weighted by molar-refractivity contribution is 0.279. The summed E-state index contributed by atoms with van der Waals surface area (Å²) < 4.78 is 25.1. The van der Waals surface area contributed by atoms with Crippen LogP contribution in [-0.2, 0) is 19.4 Å². The molecule has 6 heteroatoms. The lowest BCUT2D eigenvalue weighted by Crippen LogP contribution is -2.10. The molecule has 2 aromatic carbocycles. The van der Waals surface area contributed by atoms with Crippen molar-refractivity contribution in [2.24, 2.45) is 0 Å². The van der Waals surface area contributed by atoms with Crippen LogP contribution in [0.2, 0.25) is 0 Å². The zero-order valence-electron chi connectivity index (χ0n) is 17.9. The van der Waals surface area contributed by atoms with Crippen LogP contribution in [-0.4, -0.2) is 22.2 Å². The van der Waals surface area contributed by atoms with E-state index < -0.39 is 0 Å². The molecular weight excluding hydrogens is 395 g/mol. The SMILES string of the molecule is COc1nc(C(C)C)c(CO)c(-c2ccc(F)cc2)c1CCc1nc2ccccc2o1. The maximum Gasteiger partial charge on any atom is 0.217 e. The molecule has 0 aliphatic heterocycles. The number of aromatic nitrogens is 2. The van der Waals surface area contributed by atoms with E-state index in [0.717, 1.165) is 39.0 Å². The third-order valence-electron chi connectivity index (χ3n) is 5.35. The van der Waals surface area contributed by atoms with E-state index in [4.69, 9.17) is 14.1 Å². The van der Waals surface area contributed by atoms with Crippen LogP contribution in [0, 0.1) is 5.82 Å². The Hall–Kier alpha value is -3.25. The molecule has 4 aromatic rings. The van der Waals surface area contributed by atoms with Gasteiger partial charge in [0.2, 0.25) is 5.88 Å². The number of hydrogen-bond donors (Lipinski definition) is 1. The van der Waals surface area contributed by atoms with Gasteiger partial charge in [-0.15, -0.1) is 0 Å². The van der Waals surface area contributed by atoms with Crippen LogP contribution >= 0.6 is 0 Å². The molecule has 0 spiro atoms. The highest BCUT2D eigenvalue weighted by Gasteiger charge is 2.23. The second-order valence-corrected chi connectivity index (χ2v) is 7.73. The summed E-state index contributed by atoms with van der Waals surface area (Å²) in [4.78, 5) is 9.27. The minimum atomic E-state index is -0.313. The monoisotopic (exact) mass is 420 g/mol. The van der Waals surface area contributed by atoms with Gasteiger partial charge in [0.15, 0.2) is 11.5 Å². The van der Waals surface area contributed by atoms with Gasteiger partial charge in [0.1, 0.15) is 11.3 Å². The molecule has 0 fully saturated rings. The number of para-hydroxylation sites is 2. The fourth-order valence-corrected chi connectivity index (χ4v) is 3.92. The number of halogens is 1. The Balaban J connectivity index is 1.83. The average molecular weight is 420 g/mol. The Morgan fingerprint density at radius 1 is 1.00 bits per heavy atom. The number of fused-ring (bicyclic) bond motifs is 1. The van der Waals surface area contributed by atoms with Crippen LogP contribution in [0.1, 0.15) is 42.5 Å². The Bertz CT molecular complexity index is 1170. The smallest absolute Gasteiger partial charge is 0.217 e. The lowest BCUT2D eigenvalue weighted by atomic mass is 9.89. The van der Waals surface area contributed by atoms with Gasteiger partial charge in [-0.25, -0.2) is 14.4 Å². The molecule has 0 aliphatic carbocycles. The number of ether oxygens (including phenoxy) is 1. The molecule has 31 heavy (non-hydrogen) atoms. The van der Waals surface area contributed by atoms with Gasteiger partial charge in [-0.1, -0.05) is 38.1 Å². The van der Waals surface area contributed by atoms with Crippen molar-refractivity contribution >= 4 is 11.1 Å². The molecule has 0 aliphatic rings. The summed E-state index contributed by atoms with van der Waals surface area (Å²) in [5, 5.41) is 10.2. The summed E-state index contributed by atoms with van der Waals surface area (Å²) in [7, 11) is 1.59. The molecule has 0 saturated heterocycles. The number of aliphatic hydroxyl groups is 1. The lowest BCUT2D eigenvalue weighted by Gasteiger charge is -2.21. The first kappa shape index (κ1) is 21.0. The molecule has 2 aromatic heterocycles. The van der Waals surface area contributed by atoms with Crippen molar-refractivity contribution in [2.75, 3.05) is 7.11 Å². The van der Waals surface area contributed by atoms with Crippen molar-refractivity contribution < 1.29 is 18.7 Å². The van der Waals surface area contributed by atoms with Crippen LogP contribution in [0.3, 0.4) is 0 Å². The highest BCUT2D eigenvalue weighted by molar-refractivity contribution is 5.74. The maximum atomic E-state index is 13.6. The van der Waals surface area contributed by atoms with Crippen LogP contribution in [0.5, 0.6) is 5.88 Å². The summed E-state index contributed by atoms with van der Waals surface area (Å²) in [6, 6.07) is 13.9. The minimum absolute atomic E-state index is 0.0846. The highest BCUT2D eigenvalue weighted by atomic mass is 19.1. The Morgan fingerprint density at radius 3 is 2.39 bits per heavy atom. The van der Waals surface area contributed by atoms with E-state index in [1.807, 2.05) is 38.1 Å². The van der Waals surface area contributed by atoms with Crippen molar-refractivity contribution in [2.45, 2.75) is 39.2 Å². The van der Waals surface area contributed by atoms with Gasteiger partial charge in [-0.2, -0.15) is 0 Å². The predicted octanol–water partition coefficient (Wildman–Crippen LogP) is 5.44. The number of methoxy groups -OCH3 is 1. The van der Waals surface area contributed by atoms with E-state index in [2.05, 4.69) is 4.98 Å². The number of hydrogen-bond acceptors (Lipinski definition) is 5. The van der Waals surface area contributed by atoms with Gasteiger partial charge in [-0.3, -0.25) is 0 Å². The van der Waals surface area contributed by atoms with Crippen molar-refractivity contribution in [3.63, 3.8) is 0 Å². The predicted molar refractivity (Wildman–Crippen MR) is 118 cm³/mol. The first-order valence-corrected chi connectivity index (χ1v) is 10.3. The molecule has 5 nitrogen and oxygen atoms in total. The summed E-state index contributed by atoms with van der Waals surface area (Å²) in [5.74, 6) is 0.886. The minimum Gasteiger partial charge on any atom is -0.481 e. The van der Waals surface area contributed by atoms with E-state index in [9.17, 15) is 9.50 Å². The summed E-state index contributed by atoms with van der Waals surface area (Å²) in [6.07, 6.45) is 1.08. The van der Waals surface area contributed by atoms with Gasteiger partial charge >= 0.3 is 0 Å². The second-order valence-electron chi connectivity index (χ2n) is 7.73. The maximum absolute atomic E-state index is 13.6. The Kier molecular flexibility index (Phi) is 6.00. The molecular formula is C25H25FN2O3. The standard InChI is InChI=1S/C25H25FN2O3/c1-15(2)24-19(14-29)23(16-8-10-17(26)11-9-16)18(25(28-24)30-3)12-13-22-27-20-6-4-5-7-21(20)31-22/h4-11,15,29H,12-14H2,1-3H3. The van der Waals surface area contributed by atoms with Gasteiger partial charge in [0.05, 0.1) is 19.4 Å². The van der Waals surface area contributed by atoms with Crippen LogP contribution in [0.15, 0.2) is 52.9 Å². The number of rotatable bonds is 7. The number of oxazole rings is 1. The quantitative estimate of drug-likeness (QED) is 0.431. The van der Waals surface area contributed by atoms with Gasteiger partial charge in [0.25, 0.3) is 0 Å². The number of nitrogens with zero attached hydrogens (tertiary/aromatic N) is 2. The van der Waals surface area contributed by atoms with Gasteiger partial charge < -0.3 is 14.3 Å². The average Bonchev–Trinajstić information content (AvgIpc) is 3.20. The zero-order valence-corrected chi connectivity index (χ0v) is 17.9. The fraction of sp³-hybridized carbons (Fsp3) is 0.280. The van der Waals surface area contributed by atoms with Gasteiger partial charge in [0, 0.05) is 17.5 Å². The van der Waals surface area contributed by atoms with Crippen molar-refractivity contribution in [3.05, 3.63) is 77.1 Å². The molecule has 2 heterocycles. The number of aliphatic hydroxyl groups excluding tert-OH is 1. The van der Waals surface area contributed by atoms with Crippen molar-refractivity contribution in [1.82, 2.24) is 9.97 Å². The first-order chi connectivity index (χ1) is 15.0. The molecule has 1 N–H and O–H groups in total. The normalized spacial score (nSPS) is 11.4. The molecule has 160 valence electrons. The molecule has 0 amide bonds. The van der Waals surface area contributed by atoms with E-state index >= 15 is 0 Å². The third-order valence-corrected chi connectivity index (χ3v) is 5.35. The zero-order chi connectivity index (χ0) is 22.0. The molecule has 0 bridgehead atoms. The van der Waals surface area contributed by atoms with E-state index in [1.165, 1.54) is 12.1 Å². The second kappa shape index (κ2) is 8.86. The summed E-state index contributed by atoms with van der Waals surface area (Å²) in [6.45, 7) is 3.87. The van der Waals surface area contributed by atoms with Crippen LogP contribution in [0.4, 0.5) is 4.39 Å². The van der Waals surface area contributed by atoms with Crippen LogP contribution < -0.4 is 4.74 Å². The largest absolute Gasteiger partial charge is 0.481 e. The topological polar surface area (TPSA) is 68.4 Å². The number of benzene rings is 2. The highest BCUT2D eigenvalue weighted by Crippen LogP contribution is 2.38. The fourth-order valence-electron chi connectivity index (χ4n) is 3.92. The molecule has 0 saturated carbocycles. The molecule has 0 atom stereocenters. The number of pyridine rings is 1. The summed E-state index contributed by atoms with van der Waals surface area (Å²) in [5.41, 5.74) is 5.53. The Morgan fingerprint density at radius 2 is 1.74 bits per heavy atom. The van der Waals surface area contributed by atoms with Crippen molar-refractivity contribution in [3.8, 4) is 17.0 Å². The molecule has 0 unspecified atom stereocenters. The van der Waals surface area contributed by atoms with E-state index in [1.54, 1.807) is 19.2 Å². The van der Waals surface area contributed by atoms with Gasteiger partial charge in [-0.05, 0) is 47.7 Å². The first-order valence-electron chi connectivity index (χ1n) is 10.3. The molecule has 0 radical (unpaired) electrons. The van der Waals surface area contributed by atoms with E-state index in [0.29, 0.717) is 24.6 Å². The summed E-state index contributed by atoms with van der Waals surface area (Å²) >= 11 is 0. The number of aryl methyl sites for hydroxylation is 1.